The van der Waals surface area contributed by atoms with Crippen LogP contribution in [0.2, 0.25) is 0 Å². The first kappa shape index (κ1) is 15.8. The number of halogens is 3. The lowest BCUT2D eigenvalue weighted by molar-refractivity contribution is -0.134. The number of hydrogen-bond acceptors (Lipinski definition) is 3. The second kappa shape index (κ2) is 5.01. The van der Waals surface area contributed by atoms with E-state index in [9.17, 15) is 21.6 Å². The van der Waals surface area contributed by atoms with Gasteiger partial charge >= 0.3 is 6.18 Å². The van der Waals surface area contributed by atoms with E-state index in [1.807, 2.05) is 0 Å². The molecule has 1 rings (SSSR count). The van der Waals surface area contributed by atoms with Gasteiger partial charge in [-0.1, -0.05) is 0 Å². The molecule has 0 heterocycles. The van der Waals surface area contributed by atoms with Crippen molar-refractivity contribution in [2.45, 2.75) is 24.9 Å². The number of rotatable bonds is 3. The lowest BCUT2D eigenvalue weighted by Crippen LogP contribution is -2.35. The third-order valence-electron chi connectivity index (χ3n) is 2.79. The molecule has 0 saturated heterocycles. The number of nitrogens with zero attached hydrogens (tertiary/aromatic N) is 1. The fourth-order valence-corrected chi connectivity index (χ4v) is 2.80. The number of nitrogen functional groups attached to an aromatic ring is 1. The van der Waals surface area contributed by atoms with Crippen molar-refractivity contribution < 1.29 is 21.6 Å². The standard InChI is InChI=1S/C11H15F3N2O2S/c1-7-4-9(5-10(15)8(7)2)19(17,18)16(3)6-11(12,13)14/h4-5H,6,15H2,1-3H3. The van der Waals surface area contributed by atoms with E-state index in [1.165, 1.54) is 12.1 Å². The summed E-state index contributed by atoms with van der Waals surface area (Å²) in [6.07, 6.45) is -4.59. The van der Waals surface area contributed by atoms with E-state index >= 15 is 0 Å². The molecule has 2 N–H and O–H groups in total. The van der Waals surface area contributed by atoms with Crippen LogP contribution >= 0.6 is 0 Å². The Morgan fingerprint density at radius 2 is 1.79 bits per heavy atom. The molecule has 1 aromatic rings. The maximum atomic E-state index is 12.2. The average Bonchev–Trinajstić information content (AvgIpc) is 2.22. The average molecular weight is 296 g/mol. The number of anilines is 1. The summed E-state index contributed by atoms with van der Waals surface area (Å²) in [7, 11) is -3.32. The summed E-state index contributed by atoms with van der Waals surface area (Å²) in [5, 5.41) is 0. The van der Waals surface area contributed by atoms with Crippen LogP contribution in [0, 0.1) is 13.8 Å². The van der Waals surface area contributed by atoms with Crippen LogP contribution in [0.15, 0.2) is 17.0 Å². The molecule has 0 aliphatic heterocycles. The van der Waals surface area contributed by atoms with Crippen LogP contribution in [-0.2, 0) is 10.0 Å². The van der Waals surface area contributed by atoms with Crippen LogP contribution in [0.3, 0.4) is 0 Å². The van der Waals surface area contributed by atoms with Gasteiger partial charge in [0.1, 0.15) is 6.54 Å². The first-order valence-corrected chi connectivity index (χ1v) is 6.79. The van der Waals surface area contributed by atoms with Crippen LogP contribution in [-0.4, -0.2) is 32.5 Å². The van der Waals surface area contributed by atoms with E-state index in [4.69, 9.17) is 5.73 Å². The van der Waals surface area contributed by atoms with E-state index in [-0.39, 0.29) is 14.9 Å². The Labute approximate surface area is 110 Å². The number of sulfonamides is 1. The van der Waals surface area contributed by atoms with Gasteiger partial charge in [-0.3, -0.25) is 0 Å². The summed E-state index contributed by atoms with van der Waals surface area (Å²) in [5.74, 6) is 0. The van der Waals surface area contributed by atoms with Gasteiger partial charge in [0.25, 0.3) is 0 Å². The maximum absolute atomic E-state index is 12.2. The molecule has 4 nitrogen and oxygen atoms in total. The Kier molecular flexibility index (Phi) is 4.16. The first-order chi connectivity index (χ1) is 8.45. The summed E-state index contributed by atoms with van der Waals surface area (Å²) in [6.45, 7) is 1.82. The van der Waals surface area contributed by atoms with Crippen molar-refractivity contribution in [1.29, 1.82) is 0 Å². The van der Waals surface area contributed by atoms with E-state index in [2.05, 4.69) is 0 Å². The van der Waals surface area contributed by atoms with Gasteiger partial charge in [-0.05, 0) is 37.1 Å². The van der Waals surface area contributed by atoms with Gasteiger partial charge < -0.3 is 5.73 Å². The third-order valence-corrected chi connectivity index (χ3v) is 4.57. The fraction of sp³-hybridized carbons (Fsp3) is 0.455. The Balaban J connectivity index is 3.21. The Morgan fingerprint density at radius 3 is 2.21 bits per heavy atom. The van der Waals surface area contributed by atoms with Crippen molar-refractivity contribution in [2.75, 3.05) is 19.3 Å². The molecule has 0 radical (unpaired) electrons. The molecule has 0 aromatic heterocycles. The van der Waals surface area contributed by atoms with Crippen LogP contribution < -0.4 is 5.73 Å². The van der Waals surface area contributed by atoms with Crippen molar-refractivity contribution in [3.05, 3.63) is 23.3 Å². The SMILES string of the molecule is Cc1cc(S(=O)(=O)N(C)CC(F)(F)F)cc(N)c1C. The molecule has 108 valence electrons. The zero-order chi connectivity index (χ0) is 15.0. The summed E-state index contributed by atoms with van der Waals surface area (Å²) >= 11 is 0. The van der Waals surface area contributed by atoms with Gasteiger partial charge in [-0.2, -0.15) is 17.5 Å². The van der Waals surface area contributed by atoms with E-state index in [0.717, 1.165) is 7.05 Å². The van der Waals surface area contributed by atoms with E-state index < -0.39 is 22.7 Å². The molecule has 0 unspecified atom stereocenters. The molecule has 0 spiro atoms. The highest BCUT2D eigenvalue weighted by Crippen LogP contribution is 2.25. The summed E-state index contributed by atoms with van der Waals surface area (Å²) < 4.78 is 61.0. The van der Waals surface area contributed by atoms with Gasteiger partial charge in [0, 0.05) is 12.7 Å². The Bertz CT molecular complexity index is 559. The molecule has 0 bridgehead atoms. The normalized spacial score (nSPS) is 13.0. The summed E-state index contributed by atoms with van der Waals surface area (Å²) in [6, 6.07) is 2.48. The molecule has 0 saturated carbocycles. The zero-order valence-corrected chi connectivity index (χ0v) is 11.6. The Hall–Kier alpha value is -1.28. The quantitative estimate of drug-likeness (QED) is 0.868. The fourth-order valence-electron chi connectivity index (χ4n) is 1.52. The van der Waals surface area contributed by atoms with Gasteiger partial charge in [-0.25, -0.2) is 8.42 Å². The zero-order valence-electron chi connectivity index (χ0n) is 10.7. The van der Waals surface area contributed by atoms with Gasteiger partial charge in [0.15, 0.2) is 0 Å². The second-order valence-electron chi connectivity index (χ2n) is 4.33. The number of benzene rings is 1. The summed E-state index contributed by atoms with van der Waals surface area (Å²) in [5.41, 5.74) is 7.19. The molecule has 0 amide bonds. The lowest BCUT2D eigenvalue weighted by atomic mass is 10.1. The third kappa shape index (κ3) is 3.60. The number of nitrogens with two attached hydrogens (primary N) is 1. The highest BCUT2D eigenvalue weighted by molar-refractivity contribution is 7.89. The van der Waals surface area contributed by atoms with Crippen molar-refractivity contribution >= 4 is 15.7 Å². The predicted octanol–water partition coefficient (Wildman–Crippen LogP) is 2.07. The minimum atomic E-state index is -4.59. The lowest BCUT2D eigenvalue weighted by Gasteiger charge is -2.19. The van der Waals surface area contributed by atoms with Gasteiger partial charge in [-0.15, -0.1) is 0 Å². The van der Waals surface area contributed by atoms with Crippen molar-refractivity contribution in [2.24, 2.45) is 0 Å². The molecular weight excluding hydrogens is 281 g/mol. The summed E-state index contributed by atoms with van der Waals surface area (Å²) in [4.78, 5) is -0.236. The van der Waals surface area contributed by atoms with Gasteiger partial charge in [0.05, 0.1) is 4.90 Å². The van der Waals surface area contributed by atoms with Gasteiger partial charge in [0.2, 0.25) is 10.0 Å². The largest absolute Gasteiger partial charge is 0.402 e. The molecule has 0 aliphatic carbocycles. The van der Waals surface area contributed by atoms with Crippen molar-refractivity contribution in [1.82, 2.24) is 4.31 Å². The molecular formula is C11H15F3N2O2S. The van der Waals surface area contributed by atoms with Crippen LogP contribution in [0.25, 0.3) is 0 Å². The molecule has 8 heteroatoms. The molecule has 0 atom stereocenters. The smallest absolute Gasteiger partial charge is 0.398 e. The predicted molar refractivity (Wildman–Crippen MR) is 66.2 cm³/mol. The second-order valence-corrected chi connectivity index (χ2v) is 6.38. The van der Waals surface area contributed by atoms with Crippen LogP contribution in [0.5, 0.6) is 0 Å². The van der Waals surface area contributed by atoms with E-state index in [1.54, 1.807) is 13.8 Å². The van der Waals surface area contributed by atoms with Crippen LogP contribution in [0.4, 0.5) is 18.9 Å². The van der Waals surface area contributed by atoms with Crippen LogP contribution in [0.1, 0.15) is 11.1 Å². The van der Waals surface area contributed by atoms with Crippen molar-refractivity contribution in [3.63, 3.8) is 0 Å². The molecule has 19 heavy (non-hydrogen) atoms. The first-order valence-electron chi connectivity index (χ1n) is 5.35. The highest BCUT2D eigenvalue weighted by atomic mass is 32.2. The van der Waals surface area contributed by atoms with Crippen molar-refractivity contribution in [3.8, 4) is 0 Å². The molecule has 0 fully saturated rings. The maximum Gasteiger partial charge on any atom is 0.402 e. The number of alkyl halides is 3. The Morgan fingerprint density at radius 1 is 1.26 bits per heavy atom. The number of aryl methyl sites for hydroxylation is 1. The topological polar surface area (TPSA) is 63.4 Å². The van der Waals surface area contributed by atoms with E-state index in [0.29, 0.717) is 11.1 Å². The molecule has 0 aliphatic rings. The monoisotopic (exact) mass is 296 g/mol. The molecule has 1 aromatic carbocycles. The minimum absolute atomic E-state index is 0.235. The number of hydrogen-bond donors (Lipinski definition) is 1. The highest BCUT2D eigenvalue weighted by Gasteiger charge is 2.35. The minimum Gasteiger partial charge on any atom is -0.398 e.